The van der Waals surface area contributed by atoms with Gasteiger partial charge in [0, 0.05) is 24.7 Å². The van der Waals surface area contributed by atoms with Crippen molar-refractivity contribution in [2.45, 2.75) is 70.5 Å². The van der Waals surface area contributed by atoms with Crippen LogP contribution in [0.15, 0.2) is 24.3 Å². The molecule has 5 heteroatoms. The van der Waals surface area contributed by atoms with Gasteiger partial charge in [0.15, 0.2) is 6.29 Å². The highest BCUT2D eigenvalue weighted by atomic mass is 19.3. The molecule has 0 bridgehead atoms. The molecule has 0 unspecified atom stereocenters. The van der Waals surface area contributed by atoms with Crippen LogP contribution in [-0.4, -0.2) is 25.3 Å². The van der Waals surface area contributed by atoms with Gasteiger partial charge in [-0.1, -0.05) is 12.2 Å². The van der Waals surface area contributed by atoms with Crippen LogP contribution in [0.5, 0.6) is 0 Å². The number of hydrogen-bond acceptors (Lipinski definition) is 3. The molecule has 3 nitrogen and oxygen atoms in total. The average Bonchev–Trinajstić information content (AvgIpc) is 2.68. The fraction of sp³-hybridized carbons (Fsp3) is 0.773. The Kier molecular flexibility index (Phi) is 8.01. The maximum atomic E-state index is 12.1. The van der Waals surface area contributed by atoms with Crippen molar-refractivity contribution >= 4 is 5.78 Å². The maximum absolute atomic E-state index is 12.1. The number of ketones is 1. The minimum atomic E-state index is -1.56. The molecule has 0 aromatic rings. The summed E-state index contributed by atoms with van der Waals surface area (Å²) in [5.74, 6) is 2.21. The van der Waals surface area contributed by atoms with E-state index in [0.717, 1.165) is 63.9 Å². The van der Waals surface area contributed by atoms with Crippen molar-refractivity contribution in [3.8, 4) is 0 Å². The van der Waals surface area contributed by atoms with E-state index in [1.54, 1.807) is 0 Å². The number of allylic oxidation sites excluding steroid dienone is 2. The number of carbonyl (C=O) groups is 1. The van der Waals surface area contributed by atoms with Gasteiger partial charge in [-0.15, -0.1) is 0 Å². The predicted octanol–water partition coefficient (Wildman–Crippen LogP) is 5.66. The van der Waals surface area contributed by atoms with E-state index in [2.05, 4.69) is 12.2 Å². The van der Waals surface area contributed by atoms with Crippen LogP contribution in [0.25, 0.3) is 0 Å². The van der Waals surface area contributed by atoms with E-state index in [4.69, 9.17) is 9.47 Å². The zero-order valence-corrected chi connectivity index (χ0v) is 16.1. The molecule has 152 valence electrons. The van der Waals surface area contributed by atoms with Gasteiger partial charge >= 0.3 is 0 Å². The second-order valence-corrected chi connectivity index (χ2v) is 8.41. The topological polar surface area (TPSA) is 35.5 Å². The SMILES string of the molecule is O=C1CCC(C=CC2COC(C3CCC(CCC=C(F)F)CC3)OC2)CC1. The lowest BCUT2D eigenvalue weighted by atomic mass is 9.79. The van der Waals surface area contributed by atoms with E-state index in [0.29, 0.717) is 49.1 Å². The Hall–Kier alpha value is -1.07. The summed E-state index contributed by atoms with van der Waals surface area (Å²) in [6.07, 6.45) is 12.9. The van der Waals surface area contributed by atoms with Crippen LogP contribution in [0.4, 0.5) is 8.78 Å². The van der Waals surface area contributed by atoms with E-state index in [-0.39, 0.29) is 6.29 Å². The normalized spacial score (nSPS) is 33.3. The second kappa shape index (κ2) is 10.5. The van der Waals surface area contributed by atoms with Gasteiger partial charge in [-0.25, -0.2) is 0 Å². The summed E-state index contributed by atoms with van der Waals surface area (Å²) in [7, 11) is 0. The highest BCUT2D eigenvalue weighted by Crippen LogP contribution is 2.36. The quantitative estimate of drug-likeness (QED) is 0.556. The standard InChI is InChI=1S/C22H32F2O3/c23-21(24)3-1-2-16-6-10-19(11-7-16)22-26-14-18(15-27-22)5-4-17-8-12-20(25)13-9-17/h3-5,16-19,22H,1-2,6-15H2. The van der Waals surface area contributed by atoms with Crippen molar-refractivity contribution in [3.05, 3.63) is 24.3 Å². The van der Waals surface area contributed by atoms with Gasteiger partial charge < -0.3 is 9.47 Å². The first-order valence-electron chi connectivity index (χ1n) is 10.5. The van der Waals surface area contributed by atoms with Crippen molar-refractivity contribution in [2.24, 2.45) is 23.7 Å². The van der Waals surface area contributed by atoms with Crippen LogP contribution in [-0.2, 0) is 14.3 Å². The Morgan fingerprint density at radius 1 is 0.926 bits per heavy atom. The van der Waals surface area contributed by atoms with Gasteiger partial charge in [-0.05, 0) is 69.3 Å². The van der Waals surface area contributed by atoms with Crippen molar-refractivity contribution in [1.82, 2.24) is 0 Å². The molecule has 27 heavy (non-hydrogen) atoms. The molecule has 0 amide bonds. The Bertz CT molecular complexity index is 516. The summed E-state index contributed by atoms with van der Waals surface area (Å²) < 4.78 is 36.2. The van der Waals surface area contributed by atoms with Crippen LogP contribution >= 0.6 is 0 Å². The lowest BCUT2D eigenvalue weighted by molar-refractivity contribution is -0.223. The molecule has 1 saturated heterocycles. The van der Waals surface area contributed by atoms with E-state index < -0.39 is 6.08 Å². The first kappa shape index (κ1) is 20.7. The zero-order valence-electron chi connectivity index (χ0n) is 16.1. The van der Waals surface area contributed by atoms with Gasteiger partial charge in [0.1, 0.15) is 5.78 Å². The monoisotopic (exact) mass is 382 g/mol. The molecule has 0 atom stereocenters. The molecular weight excluding hydrogens is 350 g/mol. The number of hydrogen-bond donors (Lipinski definition) is 0. The Morgan fingerprint density at radius 2 is 1.56 bits per heavy atom. The third kappa shape index (κ3) is 6.79. The number of halogens is 2. The fourth-order valence-corrected chi connectivity index (χ4v) is 4.56. The molecule has 0 spiro atoms. The third-order valence-electron chi connectivity index (χ3n) is 6.34. The Balaban J connectivity index is 1.33. The highest BCUT2D eigenvalue weighted by Gasteiger charge is 2.32. The molecule has 0 aromatic heterocycles. The Morgan fingerprint density at radius 3 is 2.19 bits per heavy atom. The van der Waals surface area contributed by atoms with Gasteiger partial charge in [-0.3, -0.25) is 4.79 Å². The molecule has 0 N–H and O–H groups in total. The minimum Gasteiger partial charge on any atom is -0.352 e. The van der Waals surface area contributed by atoms with Gasteiger partial charge in [0.2, 0.25) is 0 Å². The molecule has 0 aromatic carbocycles. The van der Waals surface area contributed by atoms with Gasteiger partial charge in [0.25, 0.3) is 6.08 Å². The molecule has 2 saturated carbocycles. The fourth-order valence-electron chi connectivity index (χ4n) is 4.56. The number of carbonyl (C=O) groups excluding carboxylic acids is 1. The molecule has 2 aliphatic carbocycles. The van der Waals surface area contributed by atoms with Crippen molar-refractivity contribution < 1.29 is 23.0 Å². The smallest absolute Gasteiger partial charge is 0.266 e. The maximum Gasteiger partial charge on any atom is 0.266 e. The van der Waals surface area contributed by atoms with E-state index in [1.807, 2.05) is 0 Å². The van der Waals surface area contributed by atoms with Crippen LogP contribution in [0.2, 0.25) is 0 Å². The van der Waals surface area contributed by atoms with Crippen molar-refractivity contribution in [2.75, 3.05) is 13.2 Å². The molecule has 3 aliphatic rings. The summed E-state index contributed by atoms with van der Waals surface area (Å²) in [6, 6.07) is 0. The number of rotatable bonds is 6. The molecule has 1 aliphatic heterocycles. The molecular formula is C22H32F2O3. The van der Waals surface area contributed by atoms with Crippen molar-refractivity contribution in [1.29, 1.82) is 0 Å². The van der Waals surface area contributed by atoms with Gasteiger partial charge in [0.05, 0.1) is 13.2 Å². The van der Waals surface area contributed by atoms with Gasteiger partial charge in [-0.2, -0.15) is 8.78 Å². The number of ether oxygens (including phenoxy) is 2. The van der Waals surface area contributed by atoms with Crippen LogP contribution < -0.4 is 0 Å². The lowest BCUT2D eigenvalue weighted by Crippen LogP contribution is -2.38. The van der Waals surface area contributed by atoms with Crippen molar-refractivity contribution in [3.63, 3.8) is 0 Å². The number of Topliss-reactive ketones (excluding diaryl/α,β-unsaturated/α-hetero) is 1. The molecule has 1 heterocycles. The molecule has 3 fully saturated rings. The summed E-state index contributed by atoms with van der Waals surface area (Å²) in [4.78, 5) is 11.3. The Labute approximate surface area is 161 Å². The van der Waals surface area contributed by atoms with Crippen LogP contribution in [0.3, 0.4) is 0 Å². The second-order valence-electron chi connectivity index (χ2n) is 8.41. The first-order valence-corrected chi connectivity index (χ1v) is 10.5. The molecule has 0 radical (unpaired) electrons. The largest absolute Gasteiger partial charge is 0.352 e. The average molecular weight is 382 g/mol. The van der Waals surface area contributed by atoms with E-state index in [1.165, 1.54) is 0 Å². The molecule has 3 rings (SSSR count). The zero-order chi connectivity index (χ0) is 19.1. The lowest BCUT2D eigenvalue weighted by Gasteiger charge is -2.37. The first-order chi connectivity index (χ1) is 13.1. The van der Waals surface area contributed by atoms with Crippen LogP contribution in [0, 0.1) is 23.7 Å². The van der Waals surface area contributed by atoms with E-state index in [9.17, 15) is 13.6 Å². The predicted molar refractivity (Wildman–Crippen MR) is 100 cm³/mol. The summed E-state index contributed by atoms with van der Waals surface area (Å²) in [5, 5.41) is 0. The minimum absolute atomic E-state index is 0.105. The summed E-state index contributed by atoms with van der Waals surface area (Å²) in [6.45, 7) is 1.40. The highest BCUT2D eigenvalue weighted by molar-refractivity contribution is 5.79. The van der Waals surface area contributed by atoms with Crippen LogP contribution in [0.1, 0.15) is 64.2 Å². The summed E-state index contributed by atoms with van der Waals surface area (Å²) in [5.41, 5.74) is 0. The van der Waals surface area contributed by atoms with E-state index >= 15 is 0 Å². The third-order valence-corrected chi connectivity index (χ3v) is 6.34. The summed E-state index contributed by atoms with van der Waals surface area (Å²) >= 11 is 0.